The Kier molecular flexibility index (Phi) is 7.00. The number of pyridine rings is 1. The van der Waals surface area contributed by atoms with Crippen molar-refractivity contribution >= 4 is 17.7 Å². The number of halogens is 4. The molecule has 0 N–H and O–H groups in total. The van der Waals surface area contributed by atoms with Gasteiger partial charge in [-0.2, -0.15) is 13.2 Å². The summed E-state index contributed by atoms with van der Waals surface area (Å²) in [7, 11) is 0. The van der Waals surface area contributed by atoms with E-state index in [4.69, 9.17) is 21.1 Å². The molecular weight excluding hydrogens is 507 g/mol. The molecule has 0 aliphatic carbocycles. The zero-order chi connectivity index (χ0) is 26.0. The Bertz CT molecular complexity index is 1270. The zero-order valence-electron chi connectivity index (χ0n) is 19.9. The number of likely N-dealkylation sites (tertiary alicyclic amines) is 2. The number of carbonyl (C=O) groups excluding carboxylic acids is 1. The lowest BCUT2D eigenvalue weighted by Crippen LogP contribution is -2.60. The fourth-order valence-corrected chi connectivity index (χ4v) is 5.08. The second-order valence-corrected chi connectivity index (χ2v) is 9.99. The van der Waals surface area contributed by atoms with Gasteiger partial charge in [-0.25, -0.2) is 4.79 Å². The van der Waals surface area contributed by atoms with E-state index in [2.05, 4.69) is 16.0 Å². The fraction of sp³-hybridized carbons (Fsp3) is 0.333. The van der Waals surface area contributed by atoms with Crippen LogP contribution in [0.2, 0.25) is 5.02 Å². The van der Waals surface area contributed by atoms with Crippen LogP contribution in [0.1, 0.15) is 24.0 Å². The molecule has 6 nitrogen and oxygen atoms in total. The van der Waals surface area contributed by atoms with Crippen molar-refractivity contribution in [2.24, 2.45) is 5.41 Å². The van der Waals surface area contributed by atoms with Crippen molar-refractivity contribution < 1.29 is 27.4 Å². The van der Waals surface area contributed by atoms with Crippen LogP contribution in [0, 0.1) is 5.41 Å². The first-order chi connectivity index (χ1) is 17.7. The van der Waals surface area contributed by atoms with E-state index < -0.39 is 17.8 Å². The van der Waals surface area contributed by atoms with E-state index in [1.54, 1.807) is 11.0 Å². The van der Waals surface area contributed by atoms with Crippen molar-refractivity contribution in [2.45, 2.75) is 25.6 Å². The number of para-hydroxylation sites is 1. The van der Waals surface area contributed by atoms with Gasteiger partial charge in [-0.15, -0.1) is 0 Å². The molecule has 0 atom stereocenters. The van der Waals surface area contributed by atoms with Crippen molar-refractivity contribution in [1.29, 1.82) is 0 Å². The number of hydrogen-bond acceptors (Lipinski definition) is 5. The van der Waals surface area contributed by atoms with Crippen LogP contribution in [0.25, 0.3) is 0 Å². The van der Waals surface area contributed by atoms with Crippen LogP contribution in [0.3, 0.4) is 0 Å². The number of alkyl halides is 3. The molecule has 2 fully saturated rings. The molecule has 1 amide bonds. The highest BCUT2D eigenvalue weighted by Crippen LogP contribution is 2.41. The van der Waals surface area contributed by atoms with Crippen LogP contribution in [0.15, 0.2) is 67.0 Å². The van der Waals surface area contributed by atoms with E-state index in [0.717, 1.165) is 56.1 Å². The van der Waals surface area contributed by atoms with Crippen LogP contribution in [0.4, 0.5) is 18.0 Å². The largest absolute Gasteiger partial charge is 0.456 e. The molecule has 0 unspecified atom stereocenters. The Labute approximate surface area is 217 Å². The molecule has 2 aliphatic rings. The Balaban J connectivity index is 1.10. The van der Waals surface area contributed by atoms with Gasteiger partial charge in [0.1, 0.15) is 11.5 Å². The average molecular weight is 532 g/mol. The summed E-state index contributed by atoms with van der Waals surface area (Å²) in [6.07, 6.45) is -1.76. The number of nitrogens with zero attached hydrogens (tertiary/aromatic N) is 3. The minimum Gasteiger partial charge on any atom is -0.456 e. The number of piperidine rings is 1. The van der Waals surface area contributed by atoms with Gasteiger partial charge >= 0.3 is 12.3 Å². The SMILES string of the molecule is O=C(Oc1cncc(C(F)(F)F)c1)N1CCC2(CC1)CN(Cc1cccc(Oc3ccccc3Cl)c1)C2. The second kappa shape index (κ2) is 10.2. The van der Waals surface area contributed by atoms with Gasteiger partial charge in [-0.3, -0.25) is 9.88 Å². The standard InChI is InChI=1S/C27H25ClF3N3O3/c28-23-6-1-2-7-24(23)36-21-5-3-4-19(12-21)16-33-17-26(18-33)8-10-34(11-9-26)25(35)37-22-13-20(14-32-15-22)27(29,30)31/h1-7,12-15H,8-11,16-18H2. The van der Waals surface area contributed by atoms with Gasteiger partial charge in [0.15, 0.2) is 5.75 Å². The third kappa shape index (κ3) is 5.99. The summed E-state index contributed by atoms with van der Waals surface area (Å²) in [6.45, 7) is 3.63. The minimum absolute atomic E-state index is 0.139. The molecule has 3 aromatic rings. The number of ether oxygens (including phenoxy) is 2. The smallest absolute Gasteiger partial charge is 0.418 e. The van der Waals surface area contributed by atoms with E-state index in [-0.39, 0.29) is 11.2 Å². The number of amides is 1. The topological polar surface area (TPSA) is 54.9 Å². The molecule has 0 radical (unpaired) electrons. The summed E-state index contributed by atoms with van der Waals surface area (Å²) in [5, 5.41) is 0.555. The molecular formula is C27H25ClF3N3O3. The predicted octanol–water partition coefficient (Wildman–Crippen LogP) is 6.64. The van der Waals surface area contributed by atoms with Crippen molar-refractivity contribution in [2.75, 3.05) is 26.2 Å². The normalized spacial score (nSPS) is 17.4. The Morgan fingerprint density at radius 1 is 1.00 bits per heavy atom. The highest BCUT2D eigenvalue weighted by molar-refractivity contribution is 6.32. The summed E-state index contributed by atoms with van der Waals surface area (Å²) >= 11 is 6.20. The molecule has 10 heteroatoms. The van der Waals surface area contributed by atoms with Crippen LogP contribution in [0.5, 0.6) is 17.2 Å². The third-order valence-corrected chi connectivity index (χ3v) is 7.13. The molecule has 0 bridgehead atoms. The predicted molar refractivity (Wildman–Crippen MR) is 132 cm³/mol. The Morgan fingerprint density at radius 2 is 1.76 bits per heavy atom. The van der Waals surface area contributed by atoms with Crippen LogP contribution in [-0.2, 0) is 12.7 Å². The maximum Gasteiger partial charge on any atom is 0.418 e. The van der Waals surface area contributed by atoms with Crippen LogP contribution in [-0.4, -0.2) is 47.1 Å². The second-order valence-electron chi connectivity index (χ2n) is 9.59. The van der Waals surface area contributed by atoms with Crippen LogP contribution >= 0.6 is 11.6 Å². The fourth-order valence-electron chi connectivity index (χ4n) is 4.91. The highest BCUT2D eigenvalue weighted by atomic mass is 35.5. The van der Waals surface area contributed by atoms with E-state index in [1.165, 1.54) is 0 Å². The van der Waals surface area contributed by atoms with Gasteiger partial charge in [-0.1, -0.05) is 35.9 Å². The number of rotatable bonds is 5. The third-order valence-electron chi connectivity index (χ3n) is 6.82. The summed E-state index contributed by atoms with van der Waals surface area (Å²) in [5.41, 5.74) is 0.321. The lowest BCUT2D eigenvalue weighted by molar-refractivity contribution is -0.137. The van der Waals surface area contributed by atoms with Gasteiger partial charge in [0.2, 0.25) is 0 Å². The Morgan fingerprint density at radius 3 is 2.49 bits per heavy atom. The average Bonchev–Trinajstić information content (AvgIpc) is 2.85. The van der Waals surface area contributed by atoms with Crippen molar-refractivity contribution in [1.82, 2.24) is 14.8 Å². The van der Waals surface area contributed by atoms with Crippen molar-refractivity contribution in [3.8, 4) is 17.2 Å². The van der Waals surface area contributed by atoms with Gasteiger partial charge in [-0.05, 0) is 54.2 Å². The zero-order valence-corrected chi connectivity index (χ0v) is 20.6. The minimum atomic E-state index is -4.55. The maximum atomic E-state index is 12.9. The number of benzene rings is 2. The molecule has 194 valence electrons. The van der Waals surface area contributed by atoms with Gasteiger partial charge in [0.25, 0.3) is 0 Å². The molecule has 2 aliphatic heterocycles. The van der Waals surface area contributed by atoms with E-state index >= 15 is 0 Å². The number of hydrogen-bond donors (Lipinski definition) is 0. The van der Waals surface area contributed by atoms with E-state index in [0.29, 0.717) is 30.1 Å². The lowest BCUT2D eigenvalue weighted by Gasteiger charge is -2.54. The summed E-state index contributed by atoms with van der Waals surface area (Å²) < 4.78 is 49.7. The van der Waals surface area contributed by atoms with Crippen LogP contribution < -0.4 is 9.47 Å². The summed E-state index contributed by atoms with van der Waals surface area (Å²) in [5.74, 6) is 1.12. The molecule has 0 saturated carbocycles. The number of aromatic nitrogens is 1. The van der Waals surface area contributed by atoms with E-state index in [9.17, 15) is 18.0 Å². The quantitative estimate of drug-likeness (QED) is 0.369. The first kappa shape index (κ1) is 25.4. The first-order valence-electron chi connectivity index (χ1n) is 11.9. The molecule has 5 rings (SSSR count). The monoisotopic (exact) mass is 531 g/mol. The molecule has 2 aromatic carbocycles. The first-order valence-corrected chi connectivity index (χ1v) is 12.3. The molecule has 37 heavy (non-hydrogen) atoms. The molecule has 3 heterocycles. The summed E-state index contributed by atoms with van der Waals surface area (Å²) in [6, 6.07) is 16.1. The molecule has 1 spiro atoms. The molecule has 1 aromatic heterocycles. The molecule has 2 saturated heterocycles. The van der Waals surface area contributed by atoms with Crippen molar-refractivity contribution in [3.05, 3.63) is 83.1 Å². The number of carbonyl (C=O) groups is 1. The highest BCUT2D eigenvalue weighted by Gasteiger charge is 2.45. The van der Waals surface area contributed by atoms with E-state index in [1.807, 2.05) is 36.4 Å². The lowest BCUT2D eigenvalue weighted by atomic mass is 9.72. The van der Waals surface area contributed by atoms with Gasteiger partial charge < -0.3 is 14.4 Å². The maximum absolute atomic E-state index is 12.9. The van der Waals surface area contributed by atoms with Gasteiger partial charge in [0, 0.05) is 38.9 Å². The summed E-state index contributed by atoms with van der Waals surface area (Å²) in [4.78, 5) is 19.9. The Hall–Kier alpha value is -3.30. The van der Waals surface area contributed by atoms with Gasteiger partial charge in [0.05, 0.1) is 16.8 Å². The van der Waals surface area contributed by atoms with Crippen molar-refractivity contribution in [3.63, 3.8) is 0 Å².